The summed E-state index contributed by atoms with van der Waals surface area (Å²) in [5, 5.41) is 4.94. The number of hydrogen-bond donors (Lipinski definition) is 2. The molecule has 0 fully saturated rings. The van der Waals surface area contributed by atoms with Crippen LogP contribution in [0.3, 0.4) is 0 Å². The topological polar surface area (TPSA) is 84.5 Å². The van der Waals surface area contributed by atoms with Crippen molar-refractivity contribution >= 4 is 23.4 Å². The molecule has 6 heteroatoms. The normalized spacial score (nSPS) is 13.9. The van der Waals surface area contributed by atoms with Crippen molar-refractivity contribution in [3.8, 4) is 5.75 Å². The Labute approximate surface area is 138 Å². The first-order valence-corrected chi connectivity index (χ1v) is 7.60. The summed E-state index contributed by atoms with van der Waals surface area (Å²) >= 11 is 0. The first-order valence-electron chi connectivity index (χ1n) is 7.60. The Morgan fingerprint density at radius 2 is 1.79 bits per heavy atom. The van der Waals surface area contributed by atoms with E-state index in [0.717, 1.165) is 0 Å². The van der Waals surface area contributed by atoms with E-state index in [0.29, 0.717) is 23.4 Å². The van der Waals surface area contributed by atoms with Gasteiger partial charge in [0.25, 0.3) is 17.7 Å². The van der Waals surface area contributed by atoms with Crippen LogP contribution in [0.5, 0.6) is 5.75 Å². The highest BCUT2D eigenvalue weighted by Crippen LogP contribution is 2.21. The zero-order valence-electron chi connectivity index (χ0n) is 13.0. The summed E-state index contributed by atoms with van der Waals surface area (Å²) in [5.74, 6) is -0.588. The van der Waals surface area contributed by atoms with Crippen LogP contribution in [0.15, 0.2) is 48.5 Å². The number of imide groups is 1. The van der Waals surface area contributed by atoms with Crippen LogP contribution in [-0.2, 0) is 4.79 Å². The molecule has 0 saturated heterocycles. The van der Waals surface area contributed by atoms with E-state index in [1.165, 1.54) is 12.1 Å². The average molecular weight is 324 g/mol. The summed E-state index contributed by atoms with van der Waals surface area (Å²) in [7, 11) is 0. The van der Waals surface area contributed by atoms with E-state index in [2.05, 4.69) is 10.6 Å². The molecular formula is C18H16N2O4. The largest absolute Gasteiger partial charge is 0.481 e. The quantitative estimate of drug-likeness (QED) is 0.827. The molecule has 0 bridgehead atoms. The molecule has 3 rings (SSSR count). The van der Waals surface area contributed by atoms with E-state index >= 15 is 0 Å². The predicted molar refractivity (Wildman–Crippen MR) is 88.0 cm³/mol. The van der Waals surface area contributed by atoms with Gasteiger partial charge < -0.3 is 10.1 Å². The molecule has 2 aromatic rings. The first kappa shape index (κ1) is 15.7. The molecule has 0 aliphatic carbocycles. The van der Waals surface area contributed by atoms with Crippen molar-refractivity contribution in [1.29, 1.82) is 0 Å². The summed E-state index contributed by atoms with van der Waals surface area (Å²) in [6.07, 6.45) is -0.166. The number of hydrogen-bond acceptors (Lipinski definition) is 4. The third-order valence-corrected chi connectivity index (χ3v) is 3.69. The fourth-order valence-electron chi connectivity index (χ4n) is 2.45. The van der Waals surface area contributed by atoms with Crippen molar-refractivity contribution in [2.75, 3.05) is 5.32 Å². The van der Waals surface area contributed by atoms with Crippen LogP contribution in [0, 0.1) is 0 Å². The fourth-order valence-corrected chi connectivity index (χ4v) is 2.45. The molecule has 1 aliphatic heterocycles. The number of rotatable bonds is 5. The second-order valence-electron chi connectivity index (χ2n) is 5.36. The molecule has 2 N–H and O–H groups in total. The molecule has 0 aromatic heterocycles. The lowest BCUT2D eigenvalue weighted by molar-refractivity contribution is -0.122. The molecule has 0 spiro atoms. The summed E-state index contributed by atoms with van der Waals surface area (Å²) in [6, 6.07) is 13.7. The van der Waals surface area contributed by atoms with Crippen molar-refractivity contribution in [3.63, 3.8) is 0 Å². The smallest absolute Gasteiger partial charge is 0.265 e. The maximum absolute atomic E-state index is 12.4. The van der Waals surface area contributed by atoms with Gasteiger partial charge in [0.2, 0.25) is 0 Å². The standard InChI is InChI=1S/C18H16N2O4/c1-2-15(24-12-6-4-3-5-7-12)18(23)19-11-8-9-13-14(10-11)17(22)20-16(13)21/h3-10,15H,2H2,1H3,(H,19,23)(H,20,21,22). The Bertz CT molecular complexity index is 802. The van der Waals surface area contributed by atoms with Crippen LogP contribution in [0.4, 0.5) is 5.69 Å². The highest BCUT2D eigenvalue weighted by atomic mass is 16.5. The van der Waals surface area contributed by atoms with Gasteiger partial charge in [-0.25, -0.2) is 0 Å². The number of carbonyl (C=O) groups excluding carboxylic acids is 3. The van der Waals surface area contributed by atoms with E-state index < -0.39 is 17.9 Å². The number of carbonyl (C=O) groups is 3. The Morgan fingerprint density at radius 3 is 2.50 bits per heavy atom. The third-order valence-electron chi connectivity index (χ3n) is 3.69. The Kier molecular flexibility index (Phi) is 4.29. The number of amides is 3. The molecule has 0 radical (unpaired) electrons. The highest BCUT2D eigenvalue weighted by molar-refractivity contribution is 6.22. The van der Waals surface area contributed by atoms with Crippen molar-refractivity contribution in [2.24, 2.45) is 0 Å². The van der Waals surface area contributed by atoms with E-state index in [-0.39, 0.29) is 11.5 Å². The lowest BCUT2D eigenvalue weighted by atomic mass is 10.1. The molecule has 3 amide bonds. The van der Waals surface area contributed by atoms with Gasteiger partial charge in [-0.1, -0.05) is 25.1 Å². The summed E-state index contributed by atoms with van der Waals surface area (Å²) in [5.41, 5.74) is 1.01. The molecule has 24 heavy (non-hydrogen) atoms. The Balaban J connectivity index is 1.73. The van der Waals surface area contributed by atoms with Gasteiger partial charge in [0.05, 0.1) is 11.1 Å². The fraction of sp³-hybridized carbons (Fsp3) is 0.167. The average Bonchev–Trinajstić information content (AvgIpc) is 2.87. The zero-order valence-corrected chi connectivity index (χ0v) is 13.0. The van der Waals surface area contributed by atoms with Gasteiger partial charge in [0, 0.05) is 5.69 Å². The number of anilines is 1. The van der Waals surface area contributed by atoms with Crippen LogP contribution in [-0.4, -0.2) is 23.8 Å². The lowest BCUT2D eigenvalue weighted by Gasteiger charge is -2.17. The Hall–Kier alpha value is -3.15. The molecule has 1 aliphatic rings. The van der Waals surface area contributed by atoms with Crippen LogP contribution >= 0.6 is 0 Å². The SMILES string of the molecule is CCC(Oc1ccccc1)C(=O)Nc1ccc2c(c1)C(=O)NC2=O. The van der Waals surface area contributed by atoms with E-state index in [1.54, 1.807) is 18.2 Å². The van der Waals surface area contributed by atoms with Crippen LogP contribution in [0.1, 0.15) is 34.1 Å². The predicted octanol–water partition coefficient (Wildman–Crippen LogP) is 2.37. The number of ether oxygens (including phenoxy) is 1. The van der Waals surface area contributed by atoms with E-state index in [9.17, 15) is 14.4 Å². The first-order chi connectivity index (χ1) is 11.6. The highest BCUT2D eigenvalue weighted by Gasteiger charge is 2.27. The van der Waals surface area contributed by atoms with Crippen molar-refractivity contribution in [2.45, 2.75) is 19.4 Å². The monoisotopic (exact) mass is 324 g/mol. The molecule has 0 saturated carbocycles. The summed E-state index contributed by atoms with van der Waals surface area (Å²) < 4.78 is 5.68. The third kappa shape index (κ3) is 3.12. The number of fused-ring (bicyclic) bond motifs is 1. The summed E-state index contributed by atoms with van der Waals surface area (Å²) in [6.45, 7) is 1.85. The molecule has 6 nitrogen and oxygen atoms in total. The summed E-state index contributed by atoms with van der Waals surface area (Å²) in [4.78, 5) is 35.6. The minimum atomic E-state index is -0.656. The van der Waals surface area contributed by atoms with Crippen molar-refractivity contribution in [1.82, 2.24) is 5.32 Å². The maximum atomic E-state index is 12.4. The van der Waals surface area contributed by atoms with Gasteiger partial charge in [0.1, 0.15) is 5.75 Å². The van der Waals surface area contributed by atoms with Crippen LogP contribution < -0.4 is 15.4 Å². The van der Waals surface area contributed by atoms with Gasteiger partial charge in [0.15, 0.2) is 6.10 Å². The Morgan fingerprint density at radius 1 is 1.08 bits per heavy atom. The molecular weight excluding hydrogens is 308 g/mol. The minimum Gasteiger partial charge on any atom is -0.481 e. The molecule has 2 aromatic carbocycles. The van der Waals surface area contributed by atoms with Crippen LogP contribution in [0.2, 0.25) is 0 Å². The molecule has 1 atom stereocenters. The van der Waals surface area contributed by atoms with E-state index in [4.69, 9.17) is 4.74 Å². The number of benzene rings is 2. The second-order valence-corrected chi connectivity index (χ2v) is 5.36. The van der Waals surface area contributed by atoms with Crippen molar-refractivity contribution in [3.05, 3.63) is 59.7 Å². The number of para-hydroxylation sites is 1. The van der Waals surface area contributed by atoms with Gasteiger partial charge in [-0.3, -0.25) is 19.7 Å². The molecule has 1 heterocycles. The van der Waals surface area contributed by atoms with Gasteiger partial charge in [-0.15, -0.1) is 0 Å². The molecule has 1 unspecified atom stereocenters. The van der Waals surface area contributed by atoms with E-state index in [1.807, 2.05) is 25.1 Å². The maximum Gasteiger partial charge on any atom is 0.265 e. The van der Waals surface area contributed by atoms with Gasteiger partial charge in [-0.05, 0) is 36.8 Å². The zero-order chi connectivity index (χ0) is 17.1. The van der Waals surface area contributed by atoms with Gasteiger partial charge in [-0.2, -0.15) is 0 Å². The molecule has 122 valence electrons. The van der Waals surface area contributed by atoms with Crippen LogP contribution in [0.25, 0.3) is 0 Å². The van der Waals surface area contributed by atoms with Crippen molar-refractivity contribution < 1.29 is 19.1 Å². The minimum absolute atomic E-state index is 0.259. The lowest BCUT2D eigenvalue weighted by Crippen LogP contribution is -2.32. The number of nitrogens with one attached hydrogen (secondary N) is 2. The second kappa shape index (κ2) is 6.54. The van der Waals surface area contributed by atoms with Gasteiger partial charge >= 0.3 is 0 Å².